The number of hydrogen-bond donors (Lipinski definition) is 1. The number of H-pyrrole nitrogens is 1. The lowest BCUT2D eigenvalue weighted by Gasteiger charge is -2.33. The van der Waals surface area contributed by atoms with Crippen molar-refractivity contribution in [2.75, 3.05) is 18.0 Å². The summed E-state index contributed by atoms with van der Waals surface area (Å²) in [6.07, 6.45) is 9.79. The molecule has 0 unspecified atom stereocenters. The van der Waals surface area contributed by atoms with Gasteiger partial charge in [-0.3, -0.25) is 0 Å². The Morgan fingerprint density at radius 2 is 2.23 bits per heavy atom. The van der Waals surface area contributed by atoms with Gasteiger partial charge in [-0.1, -0.05) is 0 Å². The van der Waals surface area contributed by atoms with Gasteiger partial charge in [0, 0.05) is 43.0 Å². The molecule has 7 nitrogen and oxygen atoms in total. The van der Waals surface area contributed by atoms with E-state index in [4.69, 9.17) is 0 Å². The molecule has 5 heterocycles. The summed E-state index contributed by atoms with van der Waals surface area (Å²) >= 11 is 1.63. The molecule has 0 amide bonds. The Bertz CT molecular complexity index is 1000. The molecule has 8 heteroatoms. The van der Waals surface area contributed by atoms with Gasteiger partial charge in [0.25, 0.3) is 0 Å². The smallest absolute Gasteiger partial charge is 0.142 e. The van der Waals surface area contributed by atoms with Gasteiger partial charge < -0.3 is 14.5 Å². The first-order valence-electron chi connectivity index (χ1n) is 8.79. The predicted molar refractivity (Wildman–Crippen MR) is 102 cm³/mol. The number of imidazole rings is 1. The molecule has 0 spiro atoms. The van der Waals surface area contributed by atoms with Gasteiger partial charge in [-0.2, -0.15) is 0 Å². The van der Waals surface area contributed by atoms with Crippen molar-refractivity contribution in [3.8, 4) is 0 Å². The highest BCUT2D eigenvalue weighted by molar-refractivity contribution is 7.07. The van der Waals surface area contributed by atoms with Crippen LogP contribution in [0.3, 0.4) is 0 Å². The van der Waals surface area contributed by atoms with Crippen molar-refractivity contribution >= 4 is 28.2 Å². The molecule has 1 aliphatic heterocycles. The summed E-state index contributed by atoms with van der Waals surface area (Å²) in [5.41, 5.74) is 3.86. The van der Waals surface area contributed by atoms with E-state index < -0.39 is 0 Å². The Kier molecular flexibility index (Phi) is 3.89. The first-order chi connectivity index (χ1) is 12.9. The van der Waals surface area contributed by atoms with Gasteiger partial charge >= 0.3 is 0 Å². The zero-order chi connectivity index (χ0) is 17.3. The second-order valence-electron chi connectivity index (χ2n) is 6.62. The molecule has 26 heavy (non-hydrogen) atoms. The number of fused-ring (bicyclic) bond motifs is 1. The average molecular weight is 365 g/mol. The SMILES string of the molecule is c1cn(Cc2cscn2)c([C@@H]2CCCN(c3ncnc4[nH]ccc34)C2)n1. The summed E-state index contributed by atoms with van der Waals surface area (Å²) in [4.78, 5) is 23.5. The molecule has 0 radical (unpaired) electrons. The molecule has 1 N–H and O–H groups in total. The standard InChI is InChI=1S/C18H19N7S/c1-2-13(17-20-5-7-25(17)9-14-10-26-12-23-14)8-24(6-1)18-15-3-4-19-16(15)21-11-22-18/h3-5,7,10-13H,1-2,6,8-9H2,(H,19,21,22)/t13-/m1/s1. The third kappa shape index (κ3) is 2.76. The summed E-state index contributed by atoms with van der Waals surface area (Å²) in [6.45, 7) is 2.72. The number of nitrogens with one attached hydrogen (secondary N) is 1. The van der Waals surface area contributed by atoms with Gasteiger partial charge in [0.05, 0.1) is 23.1 Å². The molecule has 0 aliphatic carbocycles. The van der Waals surface area contributed by atoms with Crippen LogP contribution in [-0.2, 0) is 6.54 Å². The topological polar surface area (TPSA) is 75.5 Å². The maximum absolute atomic E-state index is 4.67. The van der Waals surface area contributed by atoms with E-state index in [0.717, 1.165) is 60.8 Å². The number of nitrogens with zero attached hydrogens (tertiary/aromatic N) is 6. The van der Waals surface area contributed by atoms with E-state index in [1.807, 2.05) is 17.9 Å². The minimum Gasteiger partial charge on any atom is -0.355 e. The molecule has 1 saturated heterocycles. The highest BCUT2D eigenvalue weighted by Crippen LogP contribution is 2.31. The van der Waals surface area contributed by atoms with Crippen molar-refractivity contribution in [1.82, 2.24) is 29.5 Å². The van der Waals surface area contributed by atoms with Crippen molar-refractivity contribution in [2.24, 2.45) is 0 Å². The maximum atomic E-state index is 4.67. The number of hydrogen-bond acceptors (Lipinski definition) is 6. The van der Waals surface area contributed by atoms with Crippen LogP contribution in [0.15, 0.2) is 41.9 Å². The fraction of sp³-hybridized carbons (Fsp3) is 0.333. The Morgan fingerprint density at radius 3 is 3.15 bits per heavy atom. The van der Waals surface area contributed by atoms with E-state index in [-0.39, 0.29) is 0 Å². The summed E-state index contributed by atoms with van der Waals surface area (Å²) in [5.74, 6) is 2.54. The quantitative estimate of drug-likeness (QED) is 0.602. The van der Waals surface area contributed by atoms with E-state index in [0.29, 0.717) is 5.92 Å². The highest BCUT2D eigenvalue weighted by Gasteiger charge is 2.26. The van der Waals surface area contributed by atoms with Crippen LogP contribution in [0.1, 0.15) is 30.3 Å². The van der Waals surface area contributed by atoms with Crippen molar-refractivity contribution in [3.05, 3.63) is 53.4 Å². The Labute approximate surface area is 154 Å². The molecule has 1 fully saturated rings. The van der Waals surface area contributed by atoms with Crippen LogP contribution in [0.4, 0.5) is 5.82 Å². The second kappa shape index (κ2) is 6.53. The fourth-order valence-corrected chi connectivity index (χ4v) is 4.35. The number of anilines is 1. The number of aromatic amines is 1. The Morgan fingerprint density at radius 1 is 1.23 bits per heavy atom. The van der Waals surface area contributed by atoms with Gasteiger partial charge in [-0.05, 0) is 18.9 Å². The van der Waals surface area contributed by atoms with Crippen LogP contribution in [0, 0.1) is 0 Å². The Hall–Kier alpha value is -2.74. The summed E-state index contributed by atoms with van der Waals surface area (Å²) in [6, 6.07) is 2.05. The van der Waals surface area contributed by atoms with Gasteiger partial charge in [0.1, 0.15) is 23.6 Å². The normalized spacial score (nSPS) is 17.8. The molecule has 0 aromatic carbocycles. The molecule has 0 saturated carbocycles. The molecular formula is C18H19N7S. The minimum atomic E-state index is 0.390. The van der Waals surface area contributed by atoms with Crippen molar-refractivity contribution in [1.29, 1.82) is 0 Å². The van der Waals surface area contributed by atoms with Crippen LogP contribution in [0.5, 0.6) is 0 Å². The zero-order valence-electron chi connectivity index (χ0n) is 14.2. The number of piperidine rings is 1. The summed E-state index contributed by atoms with van der Waals surface area (Å²) in [7, 11) is 0. The molecule has 4 aromatic heterocycles. The summed E-state index contributed by atoms with van der Waals surface area (Å²) in [5, 5.41) is 3.18. The minimum absolute atomic E-state index is 0.390. The lowest BCUT2D eigenvalue weighted by atomic mass is 9.97. The monoisotopic (exact) mass is 365 g/mol. The largest absolute Gasteiger partial charge is 0.355 e. The third-order valence-electron chi connectivity index (χ3n) is 4.98. The summed E-state index contributed by atoms with van der Waals surface area (Å²) < 4.78 is 2.23. The van der Waals surface area contributed by atoms with Crippen LogP contribution >= 0.6 is 11.3 Å². The maximum Gasteiger partial charge on any atom is 0.142 e. The molecule has 1 aliphatic rings. The number of aromatic nitrogens is 6. The molecule has 1 atom stereocenters. The predicted octanol–water partition coefficient (Wildman–Crippen LogP) is 3.04. The molecule has 4 aromatic rings. The first kappa shape index (κ1) is 15.5. The zero-order valence-corrected chi connectivity index (χ0v) is 15.1. The van der Waals surface area contributed by atoms with Gasteiger partial charge in [0.2, 0.25) is 0 Å². The van der Waals surface area contributed by atoms with Crippen molar-refractivity contribution < 1.29 is 0 Å². The van der Waals surface area contributed by atoms with Crippen molar-refractivity contribution in [3.63, 3.8) is 0 Å². The third-order valence-corrected chi connectivity index (χ3v) is 5.62. The Balaban J connectivity index is 1.42. The van der Waals surface area contributed by atoms with E-state index in [1.54, 1.807) is 17.7 Å². The van der Waals surface area contributed by atoms with Crippen molar-refractivity contribution in [2.45, 2.75) is 25.3 Å². The average Bonchev–Trinajstić information content (AvgIpc) is 3.43. The fourth-order valence-electron chi connectivity index (χ4n) is 3.80. The number of thiazole rings is 1. The lowest BCUT2D eigenvalue weighted by molar-refractivity contribution is 0.474. The van der Waals surface area contributed by atoms with Gasteiger partial charge in [-0.15, -0.1) is 11.3 Å². The van der Waals surface area contributed by atoms with Gasteiger partial charge in [0.15, 0.2) is 0 Å². The molecular weight excluding hydrogens is 346 g/mol. The first-order valence-corrected chi connectivity index (χ1v) is 9.74. The van der Waals surface area contributed by atoms with Crippen LogP contribution in [-0.4, -0.2) is 42.6 Å². The highest BCUT2D eigenvalue weighted by atomic mass is 32.1. The lowest BCUT2D eigenvalue weighted by Crippen LogP contribution is -2.36. The van der Waals surface area contributed by atoms with Crippen LogP contribution in [0.2, 0.25) is 0 Å². The van der Waals surface area contributed by atoms with Crippen LogP contribution < -0.4 is 4.90 Å². The molecule has 5 rings (SSSR count). The van der Waals surface area contributed by atoms with Gasteiger partial charge in [-0.25, -0.2) is 19.9 Å². The molecule has 0 bridgehead atoms. The second-order valence-corrected chi connectivity index (χ2v) is 7.33. The van der Waals surface area contributed by atoms with E-state index >= 15 is 0 Å². The van der Waals surface area contributed by atoms with E-state index in [9.17, 15) is 0 Å². The van der Waals surface area contributed by atoms with E-state index in [2.05, 4.69) is 52.0 Å². The van der Waals surface area contributed by atoms with Crippen LogP contribution in [0.25, 0.3) is 11.0 Å². The number of rotatable bonds is 4. The molecule has 132 valence electrons. The van der Waals surface area contributed by atoms with E-state index in [1.165, 1.54) is 0 Å².